The molecule has 28 heavy (non-hydrogen) atoms. The van der Waals surface area contributed by atoms with Gasteiger partial charge in [0, 0.05) is 0 Å². The summed E-state index contributed by atoms with van der Waals surface area (Å²) in [6.45, 7) is 6.78. The van der Waals surface area contributed by atoms with Crippen LogP contribution in [0.4, 0.5) is 0 Å². The fourth-order valence-electron chi connectivity index (χ4n) is 3.80. The molecule has 166 valence electrons. The van der Waals surface area contributed by atoms with Crippen LogP contribution in [-0.4, -0.2) is 11.1 Å². The Balaban J connectivity index is 3.50. The number of allylic oxidation sites excluding steroid dienone is 2. The third-order valence-corrected chi connectivity index (χ3v) is 5.75. The van der Waals surface area contributed by atoms with Crippen LogP contribution in [-0.2, 0) is 4.79 Å². The largest absolute Gasteiger partial charge is 0.481 e. The Kier molecular flexibility index (Phi) is 20.3. The maximum atomic E-state index is 11.4. The van der Waals surface area contributed by atoms with Gasteiger partial charge in [-0.25, -0.2) is 0 Å². The van der Waals surface area contributed by atoms with Crippen molar-refractivity contribution in [1.29, 1.82) is 0 Å². The van der Waals surface area contributed by atoms with Crippen LogP contribution in [0.2, 0.25) is 0 Å². The summed E-state index contributed by atoms with van der Waals surface area (Å²) in [5, 5.41) is 9.41. The maximum absolute atomic E-state index is 11.4. The number of rotatable bonds is 21. The van der Waals surface area contributed by atoms with Crippen molar-refractivity contribution >= 4 is 5.97 Å². The molecule has 0 saturated carbocycles. The molecule has 0 radical (unpaired) electrons. The molecule has 0 rings (SSSR count). The molecule has 1 unspecified atom stereocenters. The average Bonchev–Trinajstić information content (AvgIpc) is 2.65. The van der Waals surface area contributed by atoms with Crippen LogP contribution >= 0.6 is 0 Å². The first-order valence-corrected chi connectivity index (χ1v) is 12.5. The molecular formula is C26H50O2. The van der Waals surface area contributed by atoms with Crippen LogP contribution in [0.1, 0.15) is 136 Å². The maximum Gasteiger partial charge on any atom is 0.306 e. The quantitative estimate of drug-likeness (QED) is 0.156. The van der Waals surface area contributed by atoms with Gasteiger partial charge in [-0.15, -0.1) is 0 Å². The number of unbranched alkanes of at least 4 members (excludes halogenated alkanes) is 12. The molecule has 1 atom stereocenters. The standard InChI is InChI=1S/C26H50O2/c1-4-5-6-7-8-9-10-11-12-13-14-15-16-19-22-25(26(27)28)23-20-17-18-21-24(2)3/h11-12,24-25H,4-10,13-23H2,1-3H3,(H,27,28). The molecule has 0 aliphatic carbocycles. The lowest BCUT2D eigenvalue weighted by Gasteiger charge is -2.12. The summed E-state index contributed by atoms with van der Waals surface area (Å²) in [6, 6.07) is 0. The normalized spacial score (nSPS) is 12.9. The van der Waals surface area contributed by atoms with Gasteiger partial charge in [0.1, 0.15) is 0 Å². The van der Waals surface area contributed by atoms with Crippen LogP contribution in [0, 0.1) is 11.8 Å². The molecule has 1 N–H and O–H groups in total. The van der Waals surface area contributed by atoms with Gasteiger partial charge in [-0.3, -0.25) is 4.79 Å². The van der Waals surface area contributed by atoms with Crippen molar-refractivity contribution in [2.24, 2.45) is 11.8 Å². The van der Waals surface area contributed by atoms with Crippen molar-refractivity contribution in [2.75, 3.05) is 0 Å². The minimum atomic E-state index is -0.582. The minimum absolute atomic E-state index is 0.115. The molecule has 0 bridgehead atoms. The number of aliphatic carboxylic acids is 1. The summed E-state index contributed by atoms with van der Waals surface area (Å²) in [7, 11) is 0. The van der Waals surface area contributed by atoms with Gasteiger partial charge in [-0.2, -0.15) is 0 Å². The van der Waals surface area contributed by atoms with Gasteiger partial charge in [0.15, 0.2) is 0 Å². The Morgan fingerprint density at radius 3 is 1.61 bits per heavy atom. The third-order valence-electron chi connectivity index (χ3n) is 5.75. The van der Waals surface area contributed by atoms with E-state index in [4.69, 9.17) is 0 Å². The van der Waals surface area contributed by atoms with Crippen LogP contribution in [0.15, 0.2) is 12.2 Å². The molecule has 0 heterocycles. The van der Waals surface area contributed by atoms with Crippen molar-refractivity contribution in [3.8, 4) is 0 Å². The Morgan fingerprint density at radius 2 is 1.11 bits per heavy atom. The zero-order valence-corrected chi connectivity index (χ0v) is 19.4. The molecule has 0 aromatic heterocycles. The van der Waals surface area contributed by atoms with Crippen molar-refractivity contribution in [1.82, 2.24) is 0 Å². The highest BCUT2D eigenvalue weighted by Gasteiger charge is 2.16. The van der Waals surface area contributed by atoms with E-state index >= 15 is 0 Å². The number of carboxylic acids is 1. The molecule has 0 saturated heterocycles. The topological polar surface area (TPSA) is 37.3 Å². The lowest BCUT2D eigenvalue weighted by Crippen LogP contribution is -2.13. The van der Waals surface area contributed by atoms with Crippen LogP contribution in [0.25, 0.3) is 0 Å². The van der Waals surface area contributed by atoms with E-state index in [0.29, 0.717) is 0 Å². The molecule has 0 aliphatic rings. The summed E-state index contributed by atoms with van der Waals surface area (Å²) < 4.78 is 0. The molecule has 2 nitrogen and oxygen atoms in total. The first-order valence-electron chi connectivity index (χ1n) is 12.5. The van der Waals surface area contributed by atoms with E-state index in [1.54, 1.807) is 0 Å². The van der Waals surface area contributed by atoms with Crippen molar-refractivity contribution in [3.05, 3.63) is 12.2 Å². The second kappa shape index (κ2) is 20.9. The van der Waals surface area contributed by atoms with E-state index < -0.39 is 5.97 Å². The number of hydrogen-bond acceptors (Lipinski definition) is 1. The Bertz CT molecular complexity index is 359. The third kappa shape index (κ3) is 20.0. The smallest absolute Gasteiger partial charge is 0.306 e. The van der Waals surface area contributed by atoms with Gasteiger partial charge in [0.05, 0.1) is 5.92 Å². The zero-order chi connectivity index (χ0) is 20.9. The average molecular weight is 395 g/mol. The molecular weight excluding hydrogens is 344 g/mol. The fraction of sp³-hybridized carbons (Fsp3) is 0.885. The van der Waals surface area contributed by atoms with E-state index in [9.17, 15) is 9.90 Å². The predicted octanol–water partition coefficient (Wildman–Crippen LogP) is 8.94. The molecule has 2 heteroatoms. The van der Waals surface area contributed by atoms with Crippen molar-refractivity contribution < 1.29 is 9.90 Å². The first kappa shape index (κ1) is 27.2. The van der Waals surface area contributed by atoms with Gasteiger partial charge in [0.2, 0.25) is 0 Å². The second-order valence-electron chi connectivity index (χ2n) is 9.09. The summed E-state index contributed by atoms with van der Waals surface area (Å²) in [5.74, 6) is 0.0680. The highest BCUT2D eigenvalue weighted by molar-refractivity contribution is 5.69. The van der Waals surface area contributed by atoms with Gasteiger partial charge < -0.3 is 5.11 Å². The highest BCUT2D eigenvalue weighted by Crippen LogP contribution is 2.19. The van der Waals surface area contributed by atoms with Gasteiger partial charge in [0.25, 0.3) is 0 Å². The SMILES string of the molecule is CCCCCCCCC=CCCCCCCC(CCCCCC(C)C)C(=O)O. The molecule has 0 aromatic rings. The summed E-state index contributed by atoms with van der Waals surface area (Å²) in [5.41, 5.74) is 0. The first-order chi connectivity index (χ1) is 13.6. The Labute approximate surface area is 176 Å². The minimum Gasteiger partial charge on any atom is -0.481 e. The Morgan fingerprint density at radius 1 is 0.679 bits per heavy atom. The van der Waals surface area contributed by atoms with Crippen LogP contribution in [0.3, 0.4) is 0 Å². The van der Waals surface area contributed by atoms with Gasteiger partial charge in [-0.1, -0.05) is 110 Å². The summed E-state index contributed by atoms with van der Waals surface area (Å²) >= 11 is 0. The molecule has 0 aliphatic heterocycles. The van der Waals surface area contributed by atoms with Gasteiger partial charge >= 0.3 is 5.97 Å². The highest BCUT2D eigenvalue weighted by atomic mass is 16.4. The summed E-state index contributed by atoms with van der Waals surface area (Å²) in [4.78, 5) is 11.4. The summed E-state index contributed by atoms with van der Waals surface area (Å²) in [6.07, 6.45) is 26.6. The number of hydrogen-bond donors (Lipinski definition) is 1. The second-order valence-corrected chi connectivity index (χ2v) is 9.09. The van der Waals surface area contributed by atoms with Crippen LogP contribution in [0.5, 0.6) is 0 Å². The zero-order valence-electron chi connectivity index (χ0n) is 19.4. The predicted molar refractivity (Wildman–Crippen MR) is 124 cm³/mol. The van der Waals surface area contributed by atoms with E-state index in [2.05, 4.69) is 32.9 Å². The molecule has 0 spiro atoms. The van der Waals surface area contributed by atoms with Gasteiger partial charge in [-0.05, 0) is 44.4 Å². The van der Waals surface area contributed by atoms with Crippen molar-refractivity contribution in [3.63, 3.8) is 0 Å². The van der Waals surface area contributed by atoms with E-state index in [0.717, 1.165) is 31.6 Å². The Hall–Kier alpha value is -0.790. The molecule has 0 fully saturated rings. The van der Waals surface area contributed by atoms with E-state index in [-0.39, 0.29) is 5.92 Å². The lowest BCUT2D eigenvalue weighted by molar-refractivity contribution is -0.142. The number of carbonyl (C=O) groups is 1. The van der Waals surface area contributed by atoms with Crippen molar-refractivity contribution in [2.45, 2.75) is 136 Å². The molecule has 0 amide bonds. The lowest BCUT2D eigenvalue weighted by atomic mass is 9.94. The van der Waals surface area contributed by atoms with E-state index in [1.807, 2.05) is 0 Å². The molecule has 0 aromatic carbocycles. The van der Waals surface area contributed by atoms with Crippen LogP contribution < -0.4 is 0 Å². The number of carboxylic acid groups (broad SMARTS) is 1. The fourth-order valence-corrected chi connectivity index (χ4v) is 3.80. The monoisotopic (exact) mass is 394 g/mol. The van der Waals surface area contributed by atoms with E-state index in [1.165, 1.54) is 89.9 Å².